The second-order valence-electron chi connectivity index (χ2n) is 7.59. The fourth-order valence-electron chi connectivity index (χ4n) is 3.02. The highest BCUT2D eigenvalue weighted by Gasteiger charge is 2.17. The number of rotatable bonds is 10. The number of carboxylic acid groups (broad SMARTS) is 2. The van der Waals surface area contributed by atoms with E-state index in [0.29, 0.717) is 6.54 Å². The Labute approximate surface area is 208 Å². The molecule has 2 aromatic carbocycles. The lowest BCUT2D eigenvalue weighted by Gasteiger charge is -2.14. The Morgan fingerprint density at radius 2 is 1.66 bits per heavy atom. The Hall–Kier alpha value is -3.41. The Kier molecular flexibility index (Phi) is 11.2. The maximum atomic E-state index is 10.2. The average molecular weight is 503 g/mol. The second-order valence-corrected chi connectivity index (χ2v) is 8.65. The molecule has 0 amide bonds. The molecule has 0 aliphatic heterocycles. The maximum absolute atomic E-state index is 10.2. The molecule has 188 valence electrons. The van der Waals surface area contributed by atoms with E-state index in [0.717, 1.165) is 40.2 Å². The minimum absolute atomic E-state index is 0.248. The van der Waals surface area contributed by atoms with Gasteiger partial charge in [0.1, 0.15) is 5.75 Å². The molecule has 0 radical (unpaired) electrons. The third-order valence-corrected chi connectivity index (χ3v) is 5.69. The van der Waals surface area contributed by atoms with Gasteiger partial charge in [-0.3, -0.25) is 4.57 Å². The van der Waals surface area contributed by atoms with Crippen molar-refractivity contribution in [2.75, 3.05) is 26.0 Å². The third kappa shape index (κ3) is 8.71. The first-order valence-electron chi connectivity index (χ1n) is 10.9. The van der Waals surface area contributed by atoms with Gasteiger partial charge in [-0.1, -0.05) is 42.1 Å². The highest BCUT2D eigenvalue weighted by atomic mass is 32.2. The molecule has 35 heavy (non-hydrogen) atoms. The molecule has 0 spiro atoms. The SMILES string of the molecule is COc1ccc(-c2nnc(SCCNCC(O)c3ccccc3)n2C(C)C)cc1.O=C(O)C(=O)O. The quantitative estimate of drug-likeness (QED) is 0.185. The van der Waals surface area contributed by atoms with E-state index in [-0.39, 0.29) is 6.04 Å². The molecule has 11 heteroatoms. The zero-order chi connectivity index (χ0) is 25.8. The highest BCUT2D eigenvalue weighted by molar-refractivity contribution is 7.99. The van der Waals surface area contributed by atoms with Gasteiger partial charge in [0.2, 0.25) is 0 Å². The summed E-state index contributed by atoms with van der Waals surface area (Å²) in [5, 5.41) is 38.0. The van der Waals surface area contributed by atoms with Gasteiger partial charge in [0.05, 0.1) is 13.2 Å². The van der Waals surface area contributed by atoms with Crippen molar-refractivity contribution in [2.45, 2.75) is 31.1 Å². The normalized spacial score (nSPS) is 11.5. The van der Waals surface area contributed by atoms with Crippen molar-refractivity contribution in [1.82, 2.24) is 20.1 Å². The van der Waals surface area contributed by atoms with Gasteiger partial charge >= 0.3 is 11.9 Å². The summed E-state index contributed by atoms with van der Waals surface area (Å²) in [7, 11) is 1.66. The Bertz CT molecular complexity index is 1060. The maximum Gasteiger partial charge on any atom is 0.414 e. The van der Waals surface area contributed by atoms with Crippen LogP contribution < -0.4 is 10.1 Å². The summed E-state index contributed by atoms with van der Waals surface area (Å²) in [6, 6.07) is 17.8. The van der Waals surface area contributed by atoms with E-state index in [1.165, 1.54) is 0 Å². The first kappa shape index (κ1) is 27.8. The fraction of sp³-hybridized carbons (Fsp3) is 0.333. The Morgan fingerprint density at radius 1 is 1.03 bits per heavy atom. The van der Waals surface area contributed by atoms with Crippen LogP contribution in [0.3, 0.4) is 0 Å². The lowest BCUT2D eigenvalue weighted by Crippen LogP contribution is -2.23. The number of aliphatic hydroxyl groups excluding tert-OH is 1. The van der Waals surface area contributed by atoms with Crippen molar-refractivity contribution < 1.29 is 29.6 Å². The molecule has 10 nitrogen and oxygen atoms in total. The van der Waals surface area contributed by atoms with Crippen LogP contribution in [-0.2, 0) is 9.59 Å². The standard InChI is InChI=1S/C22H28N4O2S.C2H2O4/c1-16(2)26-21(18-9-11-19(28-3)12-10-18)24-25-22(26)29-14-13-23-15-20(27)17-7-5-4-6-8-17;3-1(4)2(5)6/h4-12,16,20,23,27H,13-15H2,1-3H3;(H,3,4)(H,5,6). The number of carboxylic acids is 2. The van der Waals surface area contributed by atoms with Crippen molar-refractivity contribution in [3.8, 4) is 17.1 Å². The van der Waals surface area contributed by atoms with Crippen LogP contribution in [0.2, 0.25) is 0 Å². The number of aromatic nitrogens is 3. The molecule has 0 saturated heterocycles. The molecule has 4 N–H and O–H groups in total. The molecular formula is C24H30N4O6S. The minimum Gasteiger partial charge on any atom is -0.497 e. The number of benzene rings is 2. The number of hydrogen-bond donors (Lipinski definition) is 4. The lowest BCUT2D eigenvalue weighted by molar-refractivity contribution is -0.159. The topological polar surface area (TPSA) is 147 Å². The summed E-state index contributed by atoms with van der Waals surface area (Å²) in [4.78, 5) is 18.2. The van der Waals surface area contributed by atoms with Crippen LogP contribution in [0.1, 0.15) is 31.6 Å². The predicted molar refractivity (Wildman–Crippen MR) is 133 cm³/mol. The van der Waals surface area contributed by atoms with Gasteiger partial charge in [-0.05, 0) is 43.7 Å². The zero-order valence-corrected chi connectivity index (χ0v) is 20.6. The molecule has 3 rings (SSSR count). The summed E-state index contributed by atoms with van der Waals surface area (Å²) in [6.07, 6.45) is -0.498. The van der Waals surface area contributed by atoms with E-state index in [9.17, 15) is 5.11 Å². The van der Waals surface area contributed by atoms with Gasteiger partial charge in [-0.25, -0.2) is 9.59 Å². The number of nitrogens with one attached hydrogen (secondary N) is 1. The molecule has 0 bridgehead atoms. The summed E-state index contributed by atoms with van der Waals surface area (Å²) >= 11 is 1.67. The van der Waals surface area contributed by atoms with E-state index >= 15 is 0 Å². The van der Waals surface area contributed by atoms with Crippen LogP contribution in [0.4, 0.5) is 0 Å². The van der Waals surface area contributed by atoms with Gasteiger partial charge in [-0.2, -0.15) is 0 Å². The van der Waals surface area contributed by atoms with Crippen molar-refractivity contribution >= 4 is 23.7 Å². The monoisotopic (exact) mass is 502 g/mol. The van der Waals surface area contributed by atoms with Gasteiger partial charge in [0.25, 0.3) is 0 Å². The van der Waals surface area contributed by atoms with Crippen LogP contribution in [0.25, 0.3) is 11.4 Å². The first-order valence-corrected chi connectivity index (χ1v) is 11.8. The number of aliphatic hydroxyl groups is 1. The average Bonchev–Trinajstić information content (AvgIpc) is 3.29. The number of aliphatic carboxylic acids is 2. The number of carbonyl (C=O) groups is 2. The van der Waals surface area contributed by atoms with Crippen molar-refractivity contribution in [3.05, 3.63) is 60.2 Å². The first-order chi connectivity index (χ1) is 16.7. The fourth-order valence-corrected chi connectivity index (χ4v) is 3.99. The molecule has 0 saturated carbocycles. The van der Waals surface area contributed by atoms with Gasteiger partial charge in [0.15, 0.2) is 11.0 Å². The lowest BCUT2D eigenvalue weighted by atomic mass is 10.1. The molecule has 1 unspecified atom stereocenters. The zero-order valence-electron chi connectivity index (χ0n) is 19.8. The molecule has 0 aliphatic carbocycles. The van der Waals surface area contributed by atoms with Gasteiger partial charge in [-0.15, -0.1) is 10.2 Å². The largest absolute Gasteiger partial charge is 0.497 e. The molecule has 3 aromatic rings. The predicted octanol–water partition coefficient (Wildman–Crippen LogP) is 3.11. The Balaban J connectivity index is 0.000000641. The summed E-state index contributed by atoms with van der Waals surface area (Å²) in [5.41, 5.74) is 1.94. The van der Waals surface area contributed by atoms with Crippen LogP contribution in [0, 0.1) is 0 Å². The Morgan fingerprint density at radius 3 is 2.20 bits per heavy atom. The summed E-state index contributed by atoms with van der Waals surface area (Å²) in [5.74, 6) is -1.13. The second kappa shape index (κ2) is 14.1. The molecule has 0 fully saturated rings. The molecule has 1 heterocycles. The van der Waals surface area contributed by atoms with E-state index in [4.69, 9.17) is 24.5 Å². The van der Waals surface area contributed by atoms with Crippen molar-refractivity contribution in [1.29, 1.82) is 0 Å². The van der Waals surface area contributed by atoms with Gasteiger partial charge in [0, 0.05) is 30.4 Å². The van der Waals surface area contributed by atoms with E-state index in [2.05, 4.69) is 33.9 Å². The molecule has 1 aromatic heterocycles. The number of ether oxygens (including phenoxy) is 1. The van der Waals surface area contributed by atoms with Crippen LogP contribution in [-0.4, -0.2) is 68.0 Å². The molecule has 0 aliphatic rings. The summed E-state index contributed by atoms with van der Waals surface area (Å²) < 4.78 is 7.40. The number of hydrogen-bond acceptors (Lipinski definition) is 8. The smallest absolute Gasteiger partial charge is 0.414 e. The van der Waals surface area contributed by atoms with Gasteiger partial charge < -0.3 is 25.4 Å². The molecular weight excluding hydrogens is 472 g/mol. The van der Waals surface area contributed by atoms with Crippen LogP contribution >= 0.6 is 11.8 Å². The van der Waals surface area contributed by atoms with Crippen LogP contribution in [0.5, 0.6) is 5.75 Å². The third-order valence-electron chi connectivity index (χ3n) is 4.74. The van der Waals surface area contributed by atoms with E-state index in [1.54, 1.807) is 18.9 Å². The number of methoxy groups -OCH3 is 1. The van der Waals surface area contributed by atoms with E-state index < -0.39 is 18.0 Å². The number of nitrogens with zero attached hydrogens (tertiary/aromatic N) is 3. The highest BCUT2D eigenvalue weighted by Crippen LogP contribution is 2.28. The number of thioether (sulfide) groups is 1. The van der Waals surface area contributed by atoms with Crippen molar-refractivity contribution in [2.24, 2.45) is 0 Å². The van der Waals surface area contributed by atoms with Crippen molar-refractivity contribution in [3.63, 3.8) is 0 Å². The van der Waals surface area contributed by atoms with Crippen LogP contribution in [0.15, 0.2) is 59.8 Å². The minimum atomic E-state index is -1.82. The van der Waals surface area contributed by atoms with E-state index in [1.807, 2.05) is 54.6 Å². The molecule has 1 atom stereocenters. The summed E-state index contributed by atoms with van der Waals surface area (Å²) in [6.45, 7) is 5.57.